The Bertz CT molecular complexity index is 1120. The molecule has 1 atom stereocenters. The van der Waals surface area contributed by atoms with Gasteiger partial charge in [0.1, 0.15) is 16.6 Å². The zero-order valence-corrected chi connectivity index (χ0v) is 16.5. The van der Waals surface area contributed by atoms with Crippen molar-refractivity contribution in [1.29, 1.82) is 0 Å². The van der Waals surface area contributed by atoms with E-state index in [1.807, 2.05) is 49.2 Å². The lowest BCUT2D eigenvalue weighted by Gasteiger charge is -2.14. The van der Waals surface area contributed by atoms with Crippen LogP contribution in [0.25, 0.3) is 16.8 Å². The first-order valence-electron chi connectivity index (χ1n) is 9.21. The minimum absolute atomic E-state index is 0.373. The van der Waals surface area contributed by atoms with E-state index in [0.29, 0.717) is 6.04 Å². The van der Waals surface area contributed by atoms with Crippen molar-refractivity contribution in [2.75, 3.05) is 23.7 Å². The van der Waals surface area contributed by atoms with Gasteiger partial charge in [0.05, 0.1) is 18.1 Å². The van der Waals surface area contributed by atoms with Crippen LogP contribution in [0.2, 0.25) is 0 Å². The van der Waals surface area contributed by atoms with E-state index >= 15 is 0 Å². The van der Waals surface area contributed by atoms with Gasteiger partial charge in [0.25, 0.3) is 0 Å². The summed E-state index contributed by atoms with van der Waals surface area (Å²) in [5, 5.41) is 20.2. The zero-order chi connectivity index (χ0) is 19.1. The van der Waals surface area contributed by atoms with E-state index in [0.717, 1.165) is 58.6 Å². The van der Waals surface area contributed by atoms with Crippen LogP contribution in [-0.2, 0) is 7.05 Å². The maximum atomic E-state index is 4.86. The first-order valence-corrected chi connectivity index (χ1v) is 9.98. The fourth-order valence-corrected chi connectivity index (χ4v) is 4.09. The van der Waals surface area contributed by atoms with E-state index in [9.17, 15) is 0 Å². The fraction of sp³-hybridized carbons (Fsp3) is 0.333. The number of aromatic nitrogens is 6. The van der Waals surface area contributed by atoms with Crippen molar-refractivity contribution in [3.05, 3.63) is 36.4 Å². The highest BCUT2D eigenvalue weighted by Crippen LogP contribution is 2.29. The van der Waals surface area contributed by atoms with Crippen molar-refractivity contribution in [1.82, 2.24) is 34.1 Å². The lowest BCUT2D eigenvalue weighted by Crippen LogP contribution is -2.23. The van der Waals surface area contributed by atoms with Crippen LogP contribution in [0.4, 0.5) is 16.6 Å². The lowest BCUT2D eigenvalue weighted by atomic mass is 10.2. The Hall–Kier alpha value is -2.98. The molecule has 28 heavy (non-hydrogen) atoms. The van der Waals surface area contributed by atoms with Crippen LogP contribution in [-0.4, -0.2) is 47.9 Å². The molecule has 4 aromatic rings. The van der Waals surface area contributed by atoms with Gasteiger partial charge in [-0.25, -0.2) is 4.98 Å². The van der Waals surface area contributed by atoms with E-state index < -0.39 is 0 Å². The summed E-state index contributed by atoms with van der Waals surface area (Å²) in [6, 6.07) is 4.40. The van der Waals surface area contributed by atoms with Crippen LogP contribution >= 0.6 is 11.5 Å². The van der Waals surface area contributed by atoms with Gasteiger partial charge in [-0.2, -0.15) is 19.1 Å². The molecule has 4 aromatic heterocycles. The van der Waals surface area contributed by atoms with Gasteiger partial charge in [0.15, 0.2) is 5.65 Å². The number of hydrogen-bond donors (Lipinski definition) is 3. The highest BCUT2D eigenvalue weighted by molar-refractivity contribution is 7.10. The smallest absolute Gasteiger partial charge is 0.167 e. The average molecular weight is 395 g/mol. The standard InChI is InChI=1S/C18H21N9S/c1-11-5-17(28-25-11)24-16-6-15(22-13-3-4-19-8-13)23-18-14(9-21-27(16)18)12-7-20-26(2)10-12/h5-7,9-10,13,19,24H,3-4,8H2,1-2H3,(H,22,23). The fourth-order valence-electron chi connectivity index (χ4n) is 3.43. The third-order valence-corrected chi connectivity index (χ3v) is 5.58. The van der Waals surface area contributed by atoms with Gasteiger partial charge in [-0.05, 0) is 37.5 Å². The molecular weight excluding hydrogens is 374 g/mol. The molecule has 0 bridgehead atoms. The summed E-state index contributed by atoms with van der Waals surface area (Å²) in [6.45, 7) is 3.95. The summed E-state index contributed by atoms with van der Waals surface area (Å²) in [6.07, 6.45) is 6.72. The summed E-state index contributed by atoms with van der Waals surface area (Å²) < 4.78 is 7.96. The van der Waals surface area contributed by atoms with Gasteiger partial charge in [-0.15, -0.1) is 0 Å². The summed E-state index contributed by atoms with van der Waals surface area (Å²) in [5.41, 5.74) is 3.71. The molecule has 10 heteroatoms. The van der Waals surface area contributed by atoms with Gasteiger partial charge in [-0.3, -0.25) is 4.68 Å². The van der Waals surface area contributed by atoms with E-state index in [1.165, 1.54) is 11.5 Å². The van der Waals surface area contributed by atoms with Gasteiger partial charge >= 0.3 is 0 Å². The minimum atomic E-state index is 0.373. The molecule has 0 aromatic carbocycles. The Kier molecular flexibility index (Phi) is 4.21. The number of nitrogens with zero attached hydrogens (tertiary/aromatic N) is 6. The van der Waals surface area contributed by atoms with Crippen LogP contribution in [0.5, 0.6) is 0 Å². The molecule has 5 rings (SSSR count). The minimum Gasteiger partial charge on any atom is -0.366 e. The average Bonchev–Trinajstić information content (AvgIpc) is 3.43. The summed E-state index contributed by atoms with van der Waals surface area (Å²) >= 11 is 1.43. The Morgan fingerprint density at radius 2 is 2.18 bits per heavy atom. The molecule has 5 heterocycles. The van der Waals surface area contributed by atoms with Crippen LogP contribution in [0, 0.1) is 6.92 Å². The van der Waals surface area contributed by atoms with Gasteiger partial charge < -0.3 is 16.0 Å². The number of nitrogens with one attached hydrogen (secondary N) is 3. The predicted octanol–water partition coefficient (Wildman–Crippen LogP) is 2.41. The summed E-state index contributed by atoms with van der Waals surface area (Å²) in [4.78, 5) is 4.86. The van der Waals surface area contributed by atoms with Crippen LogP contribution in [0.1, 0.15) is 12.1 Å². The molecule has 0 aliphatic carbocycles. The Morgan fingerprint density at radius 1 is 1.25 bits per heavy atom. The molecule has 9 nitrogen and oxygen atoms in total. The van der Waals surface area contributed by atoms with Crippen LogP contribution < -0.4 is 16.0 Å². The summed E-state index contributed by atoms with van der Waals surface area (Å²) in [5.74, 6) is 1.67. The second kappa shape index (κ2) is 6.88. The molecule has 3 N–H and O–H groups in total. The van der Waals surface area contributed by atoms with Crippen LogP contribution in [0.15, 0.2) is 30.7 Å². The molecule has 1 fully saturated rings. The first-order chi connectivity index (χ1) is 13.7. The van der Waals surface area contributed by atoms with Gasteiger partial charge in [-0.1, -0.05) is 0 Å². The molecule has 144 valence electrons. The van der Waals surface area contributed by atoms with E-state index in [-0.39, 0.29) is 0 Å². The predicted molar refractivity (Wildman–Crippen MR) is 110 cm³/mol. The van der Waals surface area contributed by atoms with Crippen molar-refractivity contribution in [2.45, 2.75) is 19.4 Å². The Labute approximate surface area is 166 Å². The molecule has 1 aliphatic rings. The quantitative estimate of drug-likeness (QED) is 0.477. The van der Waals surface area contributed by atoms with Gasteiger partial charge in [0, 0.05) is 43.0 Å². The third kappa shape index (κ3) is 3.20. The van der Waals surface area contributed by atoms with E-state index in [2.05, 4.69) is 30.5 Å². The van der Waals surface area contributed by atoms with Gasteiger partial charge in [0.2, 0.25) is 0 Å². The molecule has 0 amide bonds. The molecule has 0 spiro atoms. The van der Waals surface area contributed by atoms with E-state index in [1.54, 1.807) is 4.68 Å². The monoisotopic (exact) mass is 395 g/mol. The van der Waals surface area contributed by atoms with Crippen molar-refractivity contribution >= 4 is 33.8 Å². The van der Waals surface area contributed by atoms with E-state index in [4.69, 9.17) is 4.98 Å². The summed E-state index contributed by atoms with van der Waals surface area (Å²) in [7, 11) is 1.90. The highest BCUT2D eigenvalue weighted by Gasteiger charge is 2.18. The topological polar surface area (TPSA) is 97.0 Å². The number of fused-ring (bicyclic) bond motifs is 1. The SMILES string of the molecule is Cc1cc(Nc2cc(NC3CCNC3)nc3c(-c4cnn(C)c4)cnn23)sn1. The van der Waals surface area contributed by atoms with Crippen molar-refractivity contribution in [3.8, 4) is 11.1 Å². The number of rotatable bonds is 5. The number of aryl methyl sites for hydroxylation is 2. The molecule has 0 saturated carbocycles. The molecular formula is C18H21N9S. The second-order valence-electron chi connectivity index (χ2n) is 7.01. The largest absolute Gasteiger partial charge is 0.366 e. The highest BCUT2D eigenvalue weighted by atomic mass is 32.1. The molecule has 0 radical (unpaired) electrons. The molecule has 1 aliphatic heterocycles. The Balaban J connectivity index is 1.60. The maximum absolute atomic E-state index is 4.86. The first kappa shape index (κ1) is 17.1. The Morgan fingerprint density at radius 3 is 2.89 bits per heavy atom. The second-order valence-corrected chi connectivity index (χ2v) is 7.82. The normalized spacial score (nSPS) is 16.7. The zero-order valence-electron chi connectivity index (χ0n) is 15.7. The van der Waals surface area contributed by atoms with Crippen molar-refractivity contribution in [3.63, 3.8) is 0 Å². The number of anilines is 3. The molecule has 1 unspecified atom stereocenters. The van der Waals surface area contributed by atoms with Crippen LogP contribution in [0.3, 0.4) is 0 Å². The van der Waals surface area contributed by atoms with Crippen molar-refractivity contribution in [2.24, 2.45) is 7.05 Å². The molecule has 1 saturated heterocycles. The van der Waals surface area contributed by atoms with Crippen molar-refractivity contribution < 1.29 is 0 Å². The lowest BCUT2D eigenvalue weighted by molar-refractivity contribution is 0.768. The third-order valence-electron chi connectivity index (χ3n) is 4.78. The maximum Gasteiger partial charge on any atom is 0.167 e. The number of hydrogen-bond acceptors (Lipinski definition) is 8.